The molecule has 7 heteroatoms. The van der Waals surface area contributed by atoms with Crippen LogP contribution in [0.25, 0.3) is 5.82 Å². The molecule has 2 aromatic heterocycles. The van der Waals surface area contributed by atoms with E-state index in [4.69, 9.17) is 5.73 Å². The number of methoxy groups -OCH3 is 1. The lowest BCUT2D eigenvalue weighted by atomic mass is 10.2. The van der Waals surface area contributed by atoms with Gasteiger partial charge >= 0.3 is 5.97 Å². The fourth-order valence-corrected chi connectivity index (χ4v) is 1.96. The number of nitrogen functional groups attached to an aromatic ring is 1. The van der Waals surface area contributed by atoms with Gasteiger partial charge in [-0.1, -0.05) is 13.8 Å². The first-order valence-electron chi connectivity index (χ1n) is 6.40. The normalized spacial score (nSPS) is 10.6. The zero-order chi connectivity index (χ0) is 14.7. The molecule has 2 rings (SSSR count). The van der Waals surface area contributed by atoms with E-state index in [2.05, 4.69) is 19.8 Å². The van der Waals surface area contributed by atoms with Gasteiger partial charge in [-0.25, -0.2) is 19.4 Å². The Kier molecular flexibility index (Phi) is 3.97. The molecule has 0 spiro atoms. The summed E-state index contributed by atoms with van der Waals surface area (Å²) in [6.45, 7) is 3.98. The lowest BCUT2D eigenvalue weighted by Crippen LogP contribution is -2.11. The molecule has 0 saturated carbocycles. The number of ether oxygens (including phenoxy) is 1. The zero-order valence-corrected chi connectivity index (χ0v) is 11.8. The van der Waals surface area contributed by atoms with Gasteiger partial charge < -0.3 is 10.5 Å². The third kappa shape index (κ3) is 2.34. The van der Waals surface area contributed by atoms with E-state index in [1.165, 1.54) is 13.3 Å². The second-order valence-electron chi connectivity index (χ2n) is 4.16. The monoisotopic (exact) mass is 275 g/mol. The number of aryl methyl sites for hydroxylation is 1. The summed E-state index contributed by atoms with van der Waals surface area (Å²) in [5, 5.41) is 4.44. The average molecular weight is 275 g/mol. The lowest BCUT2D eigenvalue weighted by Gasteiger charge is -2.06. The maximum absolute atomic E-state index is 11.5. The molecule has 0 aliphatic carbocycles. The van der Waals surface area contributed by atoms with Crippen LogP contribution in [-0.4, -0.2) is 32.8 Å². The zero-order valence-electron chi connectivity index (χ0n) is 11.8. The van der Waals surface area contributed by atoms with Crippen LogP contribution < -0.4 is 5.73 Å². The standard InChI is InChI=1S/C13H17N5O2/c1-4-8-11(14)9(5-2)18(17-8)10-6-7-15-12(16-10)13(19)20-3/h6-7H,4-5,14H2,1-3H3. The first kappa shape index (κ1) is 14.0. The number of rotatable bonds is 4. The third-order valence-corrected chi connectivity index (χ3v) is 2.99. The summed E-state index contributed by atoms with van der Waals surface area (Å²) in [5.74, 6) is -0.0800. The van der Waals surface area contributed by atoms with Gasteiger partial charge in [0.05, 0.1) is 24.2 Å². The highest BCUT2D eigenvalue weighted by Crippen LogP contribution is 2.21. The minimum Gasteiger partial charge on any atom is -0.463 e. The Hall–Kier alpha value is -2.44. The molecular weight excluding hydrogens is 258 g/mol. The summed E-state index contributed by atoms with van der Waals surface area (Å²) < 4.78 is 6.27. The number of carbonyl (C=O) groups excluding carboxylic acids is 1. The minimum absolute atomic E-state index is 0.000766. The summed E-state index contributed by atoms with van der Waals surface area (Å²) in [6.07, 6.45) is 2.95. The van der Waals surface area contributed by atoms with Gasteiger partial charge in [0.2, 0.25) is 5.82 Å². The summed E-state index contributed by atoms with van der Waals surface area (Å²) >= 11 is 0. The molecule has 0 aliphatic heterocycles. The van der Waals surface area contributed by atoms with Gasteiger partial charge in [-0.05, 0) is 12.8 Å². The third-order valence-electron chi connectivity index (χ3n) is 2.99. The predicted molar refractivity (Wildman–Crippen MR) is 73.7 cm³/mol. The highest BCUT2D eigenvalue weighted by atomic mass is 16.5. The van der Waals surface area contributed by atoms with E-state index in [1.54, 1.807) is 10.7 Å². The molecule has 2 aromatic rings. The Morgan fingerprint density at radius 1 is 1.40 bits per heavy atom. The van der Waals surface area contributed by atoms with Gasteiger partial charge in [0.15, 0.2) is 5.82 Å². The number of nitrogens with zero attached hydrogens (tertiary/aromatic N) is 4. The van der Waals surface area contributed by atoms with Gasteiger partial charge in [-0.15, -0.1) is 0 Å². The SMILES string of the molecule is CCc1nn(-c2ccnc(C(=O)OC)n2)c(CC)c1N. The van der Waals surface area contributed by atoms with E-state index >= 15 is 0 Å². The van der Waals surface area contributed by atoms with Crippen LogP contribution >= 0.6 is 0 Å². The van der Waals surface area contributed by atoms with Crippen LogP contribution in [0.5, 0.6) is 0 Å². The van der Waals surface area contributed by atoms with Crippen molar-refractivity contribution in [2.24, 2.45) is 0 Å². The van der Waals surface area contributed by atoms with Gasteiger partial charge in [-0.2, -0.15) is 5.10 Å². The number of hydrogen-bond donors (Lipinski definition) is 1. The fourth-order valence-electron chi connectivity index (χ4n) is 1.96. The average Bonchev–Trinajstić information content (AvgIpc) is 2.82. The molecule has 0 atom stereocenters. The molecule has 0 unspecified atom stereocenters. The number of anilines is 1. The molecule has 0 radical (unpaired) electrons. The number of nitrogens with two attached hydrogens (primary N) is 1. The highest BCUT2D eigenvalue weighted by Gasteiger charge is 2.16. The van der Waals surface area contributed by atoms with E-state index < -0.39 is 5.97 Å². The van der Waals surface area contributed by atoms with Crippen molar-refractivity contribution in [1.29, 1.82) is 0 Å². The van der Waals surface area contributed by atoms with Crippen molar-refractivity contribution in [3.05, 3.63) is 29.5 Å². The van der Waals surface area contributed by atoms with Crippen molar-refractivity contribution in [2.75, 3.05) is 12.8 Å². The number of aromatic nitrogens is 4. The van der Waals surface area contributed by atoms with Crippen LogP contribution in [0.2, 0.25) is 0 Å². The first-order chi connectivity index (χ1) is 9.62. The van der Waals surface area contributed by atoms with Crippen molar-refractivity contribution in [2.45, 2.75) is 26.7 Å². The van der Waals surface area contributed by atoms with Crippen molar-refractivity contribution in [3.63, 3.8) is 0 Å². The Morgan fingerprint density at radius 3 is 2.75 bits per heavy atom. The Labute approximate surface area is 116 Å². The Morgan fingerprint density at radius 2 is 2.15 bits per heavy atom. The predicted octanol–water partition coefficient (Wildman–Crippen LogP) is 1.16. The maximum Gasteiger partial charge on any atom is 0.376 e. The summed E-state index contributed by atoms with van der Waals surface area (Å²) in [4.78, 5) is 19.5. The molecule has 0 aliphatic rings. The van der Waals surface area contributed by atoms with Crippen LogP contribution in [0.3, 0.4) is 0 Å². The molecule has 7 nitrogen and oxygen atoms in total. The van der Waals surface area contributed by atoms with Crippen LogP contribution in [0, 0.1) is 0 Å². The fraction of sp³-hybridized carbons (Fsp3) is 0.385. The van der Waals surface area contributed by atoms with Crippen molar-refractivity contribution in [3.8, 4) is 5.82 Å². The second-order valence-corrected chi connectivity index (χ2v) is 4.16. The van der Waals surface area contributed by atoms with Gasteiger partial charge in [0.25, 0.3) is 0 Å². The molecule has 20 heavy (non-hydrogen) atoms. The smallest absolute Gasteiger partial charge is 0.376 e. The number of esters is 1. The van der Waals surface area contributed by atoms with Gasteiger partial charge in [0, 0.05) is 12.3 Å². The summed E-state index contributed by atoms with van der Waals surface area (Å²) in [7, 11) is 1.29. The van der Waals surface area contributed by atoms with Crippen LogP contribution in [0.4, 0.5) is 5.69 Å². The topological polar surface area (TPSA) is 95.9 Å². The summed E-state index contributed by atoms with van der Waals surface area (Å²) in [5.41, 5.74) is 8.43. The van der Waals surface area contributed by atoms with Gasteiger partial charge in [-0.3, -0.25) is 0 Å². The molecule has 0 saturated heterocycles. The van der Waals surface area contributed by atoms with E-state index in [-0.39, 0.29) is 5.82 Å². The summed E-state index contributed by atoms with van der Waals surface area (Å²) in [6, 6.07) is 1.68. The largest absolute Gasteiger partial charge is 0.463 e. The Bertz CT molecular complexity index is 636. The number of carbonyl (C=O) groups is 1. The van der Waals surface area contributed by atoms with Crippen LogP contribution in [0.1, 0.15) is 35.9 Å². The van der Waals surface area contributed by atoms with Crippen LogP contribution in [-0.2, 0) is 17.6 Å². The molecule has 0 aromatic carbocycles. The second kappa shape index (κ2) is 5.68. The molecule has 2 heterocycles. The lowest BCUT2D eigenvalue weighted by molar-refractivity contribution is 0.0586. The van der Waals surface area contributed by atoms with E-state index in [0.717, 1.165) is 24.2 Å². The van der Waals surface area contributed by atoms with E-state index in [1.807, 2.05) is 13.8 Å². The molecule has 106 valence electrons. The first-order valence-corrected chi connectivity index (χ1v) is 6.40. The minimum atomic E-state index is -0.583. The highest BCUT2D eigenvalue weighted by molar-refractivity contribution is 5.85. The molecule has 0 bridgehead atoms. The van der Waals surface area contributed by atoms with Crippen molar-refractivity contribution in [1.82, 2.24) is 19.7 Å². The molecule has 0 amide bonds. The van der Waals surface area contributed by atoms with Crippen molar-refractivity contribution >= 4 is 11.7 Å². The number of hydrogen-bond acceptors (Lipinski definition) is 6. The van der Waals surface area contributed by atoms with Gasteiger partial charge in [0.1, 0.15) is 0 Å². The van der Waals surface area contributed by atoms with E-state index in [9.17, 15) is 4.79 Å². The molecular formula is C13H17N5O2. The van der Waals surface area contributed by atoms with Crippen LogP contribution in [0.15, 0.2) is 12.3 Å². The van der Waals surface area contributed by atoms with Crippen molar-refractivity contribution < 1.29 is 9.53 Å². The maximum atomic E-state index is 11.5. The molecule has 2 N–H and O–H groups in total. The van der Waals surface area contributed by atoms with E-state index in [0.29, 0.717) is 11.5 Å². The Balaban J connectivity index is 2.54. The quantitative estimate of drug-likeness (QED) is 0.841. The molecule has 0 fully saturated rings.